The van der Waals surface area contributed by atoms with Crippen LogP contribution in [0.15, 0.2) is 54.9 Å². The molecule has 0 aliphatic heterocycles. The number of nitrogens with zero attached hydrogens (tertiary/aromatic N) is 1. The summed E-state index contributed by atoms with van der Waals surface area (Å²) < 4.78 is 12.6. The minimum Gasteiger partial charge on any atom is -0.506 e. The first-order chi connectivity index (χ1) is 16.3. The molecule has 2 aromatic heterocycles. The summed E-state index contributed by atoms with van der Waals surface area (Å²) in [6, 6.07) is 9.99. The Kier molecular flexibility index (Phi) is 8.74. The Morgan fingerprint density at radius 3 is 2.56 bits per heavy atom. The van der Waals surface area contributed by atoms with Gasteiger partial charge >= 0.3 is 5.63 Å². The molecule has 1 amide bonds. The molecule has 0 aliphatic rings. The first-order valence-corrected chi connectivity index (χ1v) is 12.6. The molecule has 3 aromatic rings. The van der Waals surface area contributed by atoms with Gasteiger partial charge in [-0.1, -0.05) is 62.8 Å². The number of thiocarbonyl (C=S) groups is 1. The van der Waals surface area contributed by atoms with Gasteiger partial charge in [-0.25, -0.2) is 4.79 Å². The largest absolute Gasteiger partial charge is 0.506 e. The molecule has 0 bridgehead atoms. The third-order valence-electron chi connectivity index (χ3n) is 6.13. The number of carbonyl (C=O) groups is 1. The average molecular weight is 500 g/mol. The lowest BCUT2D eigenvalue weighted by molar-refractivity contribution is -0.127. The molecule has 1 aromatic carbocycles. The van der Waals surface area contributed by atoms with Crippen LogP contribution >= 0.6 is 24.0 Å². The number of likely N-dealkylation sites (N-methyl/N-ethyl adjacent to an activating group) is 1. The topological polar surface area (TPSA) is 83.9 Å². The zero-order chi connectivity index (χ0) is 24.8. The van der Waals surface area contributed by atoms with E-state index in [0.717, 1.165) is 31.0 Å². The first-order valence-electron chi connectivity index (χ1n) is 11.2. The quantitative estimate of drug-likeness (QED) is 0.195. The van der Waals surface area contributed by atoms with Gasteiger partial charge in [0.1, 0.15) is 28.4 Å². The number of hydrogen-bond acceptors (Lipinski definition) is 7. The van der Waals surface area contributed by atoms with E-state index in [2.05, 4.69) is 13.8 Å². The summed E-state index contributed by atoms with van der Waals surface area (Å²) in [5, 5.41) is 11.1. The highest BCUT2D eigenvalue weighted by Crippen LogP contribution is 2.34. The predicted molar refractivity (Wildman–Crippen MR) is 142 cm³/mol. The van der Waals surface area contributed by atoms with Crippen LogP contribution in [0.4, 0.5) is 0 Å². The lowest BCUT2D eigenvalue weighted by atomic mass is 9.95. The molecule has 0 fully saturated rings. The fourth-order valence-electron chi connectivity index (χ4n) is 3.88. The van der Waals surface area contributed by atoms with Crippen LogP contribution < -0.4 is 5.63 Å². The van der Waals surface area contributed by atoms with Gasteiger partial charge in [0.05, 0.1) is 10.3 Å². The molecular formula is C26H29NO5S2. The molecule has 1 atom stereocenters. The second-order valence-corrected chi connectivity index (χ2v) is 9.66. The van der Waals surface area contributed by atoms with Gasteiger partial charge in [-0.05, 0) is 43.5 Å². The molecule has 8 heteroatoms. The number of rotatable bonds is 10. The Hall–Kier alpha value is -2.84. The first kappa shape index (κ1) is 25.8. The molecule has 1 unspecified atom stereocenters. The van der Waals surface area contributed by atoms with Gasteiger partial charge in [0.25, 0.3) is 5.91 Å². The number of para-hydroxylation sites is 1. The standard InChI is InChI=1S/C26H29NO5S2/c1-5-17(6-2)13-16(3)27(4)25(29)22(34-15-33)14-18-11-12-21(31-18)23-24(28)19-9-7-8-10-20(19)32-26(23)30/h7-12,14-17,28H,5-6,13H2,1-4H3/b22-14-. The fourth-order valence-corrected chi connectivity index (χ4v) is 4.72. The van der Waals surface area contributed by atoms with E-state index in [-0.39, 0.29) is 34.6 Å². The summed E-state index contributed by atoms with van der Waals surface area (Å²) in [5.41, 5.74) is -0.485. The number of carbonyl (C=O) groups excluding carboxylic acids is 1. The van der Waals surface area contributed by atoms with Crippen LogP contribution in [0.1, 0.15) is 45.8 Å². The number of furan rings is 1. The third-order valence-corrected chi connectivity index (χ3v) is 7.06. The smallest absolute Gasteiger partial charge is 0.351 e. The molecule has 3 rings (SSSR count). The molecular weight excluding hydrogens is 470 g/mol. The van der Waals surface area contributed by atoms with Crippen LogP contribution in [0.2, 0.25) is 0 Å². The Balaban J connectivity index is 1.91. The van der Waals surface area contributed by atoms with E-state index in [0.29, 0.717) is 22.0 Å². The van der Waals surface area contributed by atoms with E-state index in [9.17, 15) is 14.7 Å². The zero-order valence-electron chi connectivity index (χ0n) is 19.7. The van der Waals surface area contributed by atoms with Gasteiger partial charge < -0.3 is 18.8 Å². The predicted octanol–water partition coefficient (Wildman–Crippen LogP) is 6.46. The van der Waals surface area contributed by atoms with Crippen molar-refractivity contribution in [3.8, 4) is 17.1 Å². The van der Waals surface area contributed by atoms with Gasteiger partial charge in [-0.15, -0.1) is 0 Å². The van der Waals surface area contributed by atoms with Gasteiger partial charge in [0.2, 0.25) is 0 Å². The summed E-state index contributed by atoms with van der Waals surface area (Å²) in [6.45, 7) is 6.37. The second-order valence-electron chi connectivity index (χ2n) is 8.22. The molecule has 1 N–H and O–H groups in total. The summed E-state index contributed by atoms with van der Waals surface area (Å²) in [7, 11) is 1.79. The molecule has 0 saturated heterocycles. The third kappa shape index (κ3) is 5.62. The minimum absolute atomic E-state index is 0.0652. The molecule has 0 saturated carbocycles. The van der Waals surface area contributed by atoms with Gasteiger partial charge in [0.15, 0.2) is 0 Å². The van der Waals surface area contributed by atoms with E-state index in [1.54, 1.807) is 54.4 Å². The van der Waals surface area contributed by atoms with E-state index >= 15 is 0 Å². The van der Waals surface area contributed by atoms with Crippen molar-refractivity contribution in [3.05, 3.63) is 57.5 Å². The van der Waals surface area contributed by atoms with Crippen LogP contribution in [0.25, 0.3) is 28.4 Å². The number of thioether (sulfide) groups is 1. The average Bonchev–Trinajstić information content (AvgIpc) is 3.29. The Bertz CT molecular complexity index is 1260. The van der Waals surface area contributed by atoms with Crippen LogP contribution in [0, 0.1) is 5.92 Å². The van der Waals surface area contributed by atoms with Crippen LogP contribution in [-0.2, 0) is 4.79 Å². The van der Waals surface area contributed by atoms with Crippen molar-refractivity contribution < 1.29 is 18.7 Å². The monoisotopic (exact) mass is 499 g/mol. The van der Waals surface area contributed by atoms with Crippen molar-refractivity contribution in [1.29, 1.82) is 0 Å². The summed E-state index contributed by atoms with van der Waals surface area (Å²) in [5.74, 6) is 0.699. The normalized spacial score (nSPS) is 12.8. The molecule has 180 valence electrons. The van der Waals surface area contributed by atoms with Crippen LogP contribution in [-0.4, -0.2) is 33.7 Å². The Labute approximate surface area is 208 Å². The number of amides is 1. The number of hydrogen-bond donors (Lipinski definition) is 1. The molecule has 34 heavy (non-hydrogen) atoms. The van der Waals surface area contributed by atoms with Gasteiger partial charge in [-0.2, -0.15) is 0 Å². The molecule has 0 aliphatic carbocycles. The minimum atomic E-state index is -0.708. The molecule has 6 nitrogen and oxygen atoms in total. The van der Waals surface area contributed by atoms with Crippen LogP contribution in [0.5, 0.6) is 5.75 Å². The van der Waals surface area contributed by atoms with Crippen molar-refractivity contribution in [1.82, 2.24) is 4.90 Å². The zero-order valence-corrected chi connectivity index (χ0v) is 21.4. The highest BCUT2D eigenvalue weighted by Gasteiger charge is 2.23. The SMILES string of the molecule is CCC(CC)CC(C)N(C)C(=O)/C(=C/c1ccc(-c2c(O)c3ccccc3oc2=O)o1)SC=S. The second kappa shape index (κ2) is 11.5. The maximum Gasteiger partial charge on any atom is 0.351 e. The lowest BCUT2D eigenvalue weighted by Gasteiger charge is -2.28. The van der Waals surface area contributed by atoms with Gasteiger partial charge in [0, 0.05) is 23.9 Å². The van der Waals surface area contributed by atoms with Crippen LogP contribution in [0.3, 0.4) is 0 Å². The van der Waals surface area contributed by atoms with Crippen molar-refractivity contribution in [2.24, 2.45) is 5.92 Å². The molecule has 0 spiro atoms. The molecule has 0 radical (unpaired) electrons. The number of fused-ring (bicyclic) bond motifs is 1. The summed E-state index contributed by atoms with van der Waals surface area (Å²) >= 11 is 6.13. The van der Waals surface area contributed by atoms with E-state index in [1.807, 2.05) is 6.92 Å². The van der Waals surface area contributed by atoms with Crippen molar-refractivity contribution in [3.63, 3.8) is 0 Å². The summed E-state index contributed by atoms with van der Waals surface area (Å²) in [6.07, 6.45) is 4.67. The van der Waals surface area contributed by atoms with Crippen molar-refractivity contribution in [2.75, 3.05) is 7.05 Å². The van der Waals surface area contributed by atoms with Gasteiger partial charge in [-0.3, -0.25) is 4.79 Å². The highest BCUT2D eigenvalue weighted by atomic mass is 32.2. The summed E-state index contributed by atoms with van der Waals surface area (Å²) in [4.78, 5) is 27.8. The molecule has 2 heterocycles. The van der Waals surface area contributed by atoms with E-state index < -0.39 is 5.63 Å². The van der Waals surface area contributed by atoms with Crippen molar-refractivity contribution >= 4 is 51.6 Å². The maximum atomic E-state index is 13.2. The Morgan fingerprint density at radius 2 is 1.88 bits per heavy atom. The fraction of sp³-hybridized carbons (Fsp3) is 0.346. The maximum absolute atomic E-state index is 13.2. The van der Waals surface area contributed by atoms with E-state index in [1.165, 1.54) is 4.70 Å². The number of aromatic hydroxyl groups is 1. The van der Waals surface area contributed by atoms with E-state index in [4.69, 9.17) is 21.1 Å². The lowest BCUT2D eigenvalue weighted by Crippen LogP contribution is -2.36. The Morgan fingerprint density at radius 1 is 1.18 bits per heavy atom. The number of benzene rings is 1. The van der Waals surface area contributed by atoms with Crippen molar-refractivity contribution in [2.45, 2.75) is 46.1 Å². The highest BCUT2D eigenvalue weighted by molar-refractivity contribution is 8.24.